The summed E-state index contributed by atoms with van der Waals surface area (Å²) in [4.78, 5) is 34.4. The Morgan fingerprint density at radius 3 is 2.78 bits per heavy atom. The molecule has 3 aromatic heterocycles. The molecule has 0 fully saturated rings. The number of carbonyl (C=O) groups is 2. The third-order valence-electron chi connectivity index (χ3n) is 3.90. The van der Waals surface area contributed by atoms with Crippen molar-refractivity contribution in [3.05, 3.63) is 51.5 Å². The van der Waals surface area contributed by atoms with E-state index in [9.17, 15) is 9.59 Å². The molecule has 1 N–H and O–H groups in total. The van der Waals surface area contributed by atoms with Crippen LogP contribution in [0.5, 0.6) is 0 Å². The Morgan fingerprint density at radius 2 is 2.07 bits per heavy atom. The normalized spacial score (nSPS) is 10.6. The Balaban J connectivity index is 1.73. The molecule has 0 aliphatic rings. The first-order valence-corrected chi connectivity index (χ1v) is 10.1. The standard InChI is InChI=1S/C19H19N3O3S2/c1-4-25-19(24)16-11(2)12(3)27-18(16)22-15(23)9-13-10-26-17(21-13)14-7-5-6-8-20-14/h5-8,10H,4,9H2,1-3H3,(H,22,23). The van der Waals surface area contributed by atoms with Crippen LogP contribution in [0.2, 0.25) is 0 Å². The van der Waals surface area contributed by atoms with Crippen LogP contribution in [0.15, 0.2) is 29.8 Å². The number of ether oxygens (including phenoxy) is 1. The maximum Gasteiger partial charge on any atom is 0.341 e. The number of nitrogens with zero attached hydrogens (tertiary/aromatic N) is 2. The summed E-state index contributed by atoms with van der Waals surface area (Å²) in [5.41, 5.74) is 2.71. The van der Waals surface area contributed by atoms with Crippen LogP contribution in [0.3, 0.4) is 0 Å². The van der Waals surface area contributed by atoms with Gasteiger partial charge in [0.2, 0.25) is 5.91 Å². The number of aryl methyl sites for hydroxylation is 1. The summed E-state index contributed by atoms with van der Waals surface area (Å²) >= 11 is 2.82. The Labute approximate surface area is 165 Å². The van der Waals surface area contributed by atoms with Crippen molar-refractivity contribution in [3.63, 3.8) is 0 Å². The van der Waals surface area contributed by atoms with Crippen LogP contribution in [0, 0.1) is 13.8 Å². The molecule has 3 heterocycles. The fraction of sp³-hybridized carbons (Fsp3) is 0.263. The van der Waals surface area contributed by atoms with Crippen LogP contribution in [-0.2, 0) is 16.0 Å². The lowest BCUT2D eigenvalue weighted by Gasteiger charge is -2.06. The van der Waals surface area contributed by atoms with E-state index in [2.05, 4.69) is 15.3 Å². The SMILES string of the molecule is CCOC(=O)c1c(NC(=O)Cc2csc(-c3ccccn3)n2)sc(C)c1C. The number of thiophene rings is 1. The zero-order valence-corrected chi connectivity index (χ0v) is 16.9. The minimum absolute atomic E-state index is 0.127. The van der Waals surface area contributed by atoms with E-state index in [4.69, 9.17) is 4.74 Å². The molecule has 0 saturated heterocycles. The molecule has 0 aliphatic heterocycles. The largest absolute Gasteiger partial charge is 0.462 e. The summed E-state index contributed by atoms with van der Waals surface area (Å²) in [6.45, 7) is 5.81. The molecule has 0 unspecified atom stereocenters. The third kappa shape index (κ3) is 4.40. The second kappa shape index (κ2) is 8.41. The van der Waals surface area contributed by atoms with Gasteiger partial charge in [0, 0.05) is 16.5 Å². The van der Waals surface area contributed by atoms with Crippen molar-refractivity contribution in [2.45, 2.75) is 27.2 Å². The van der Waals surface area contributed by atoms with Gasteiger partial charge >= 0.3 is 5.97 Å². The highest BCUT2D eigenvalue weighted by Crippen LogP contribution is 2.33. The van der Waals surface area contributed by atoms with E-state index in [-0.39, 0.29) is 18.9 Å². The lowest BCUT2D eigenvalue weighted by molar-refractivity contribution is -0.115. The summed E-state index contributed by atoms with van der Waals surface area (Å²) < 4.78 is 5.11. The van der Waals surface area contributed by atoms with Crippen LogP contribution in [0.4, 0.5) is 5.00 Å². The van der Waals surface area contributed by atoms with Gasteiger partial charge in [-0.3, -0.25) is 9.78 Å². The number of thiazole rings is 1. The van der Waals surface area contributed by atoms with E-state index in [0.29, 0.717) is 16.3 Å². The fourth-order valence-corrected chi connectivity index (χ4v) is 4.35. The van der Waals surface area contributed by atoms with Gasteiger partial charge in [0.1, 0.15) is 10.0 Å². The van der Waals surface area contributed by atoms with Crippen LogP contribution < -0.4 is 5.32 Å². The van der Waals surface area contributed by atoms with Crippen LogP contribution >= 0.6 is 22.7 Å². The van der Waals surface area contributed by atoms with Gasteiger partial charge in [-0.1, -0.05) is 6.07 Å². The van der Waals surface area contributed by atoms with Gasteiger partial charge in [-0.2, -0.15) is 0 Å². The van der Waals surface area contributed by atoms with Crippen LogP contribution in [-0.4, -0.2) is 28.5 Å². The molecular formula is C19H19N3O3S2. The average molecular weight is 402 g/mol. The Morgan fingerprint density at radius 1 is 1.26 bits per heavy atom. The highest BCUT2D eigenvalue weighted by molar-refractivity contribution is 7.16. The number of amides is 1. The highest BCUT2D eigenvalue weighted by Gasteiger charge is 2.22. The first-order valence-electron chi connectivity index (χ1n) is 8.42. The number of rotatable bonds is 6. The maximum absolute atomic E-state index is 12.5. The molecular weight excluding hydrogens is 382 g/mol. The quantitative estimate of drug-likeness (QED) is 0.625. The van der Waals surface area contributed by atoms with E-state index in [0.717, 1.165) is 21.1 Å². The molecule has 0 saturated carbocycles. The molecule has 27 heavy (non-hydrogen) atoms. The van der Waals surface area contributed by atoms with Gasteiger partial charge in [-0.25, -0.2) is 9.78 Å². The van der Waals surface area contributed by atoms with Crippen molar-refractivity contribution in [3.8, 4) is 10.7 Å². The van der Waals surface area contributed by atoms with Crippen molar-refractivity contribution in [2.75, 3.05) is 11.9 Å². The second-order valence-corrected chi connectivity index (χ2v) is 7.87. The van der Waals surface area contributed by atoms with Gasteiger partial charge in [-0.05, 0) is 38.5 Å². The molecule has 0 spiro atoms. The molecule has 0 bridgehead atoms. The predicted molar refractivity (Wildman–Crippen MR) is 107 cm³/mol. The van der Waals surface area contributed by atoms with Crippen LogP contribution in [0.25, 0.3) is 10.7 Å². The van der Waals surface area contributed by atoms with Gasteiger partial charge < -0.3 is 10.1 Å². The number of carbonyl (C=O) groups excluding carboxylic acids is 2. The second-order valence-electron chi connectivity index (χ2n) is 5.79. The van der Waals surface area contributed by atoms with Gasteiger partial charge in [0.25, 0.3) is 0 Å². The Hall–Kier alpha value is -2.58. The molecule has 0 aromatic carbocycles. The monoisotopic (exact) mass is 401 g/mol. The van der Waals surface area contributed by atoms with Crippen molar-refractivity contribution < 1.29 is 14.3 Å². The molecule has 0 radical (unpaired) electrons. The fourth-order valence-electron chi connectivity index (χ4n) is 2.49. The number of nitrogens with one attached hydrogen (secondary N) is 1. The molecule has 6 nitrogen and oxygen atoms in total. The van der Waals surface area contributed by atoms with Crippen molar-refractivity contribution in [1.29, 1.82) is 0 Å². The highest BCUT2D eigenvalue weighted by atomic mass is 32.1. The Bertz CT molecular complexity index is 964. The first-order chi connectivity index (χ1) is 13.0. The number of hydrogen-bond acceptors (Lipinski definition) is 7. The van der Waals surface area contributed by atoms with E-state index >= 15 is 0 Å². The molecule has 0 aliphatic carbocycles. The Kier molecular flexibility index (Phi) is 5.98. The molecule has 3 aromatic rings. The summed E-state index contributed by atoms with van der Waals surface area (Å²) in [5, 5.41) is 5.98. The number of anilines is 1. The minimum Gasteiger partial charge on any atom is -0.462 e. The van der Waals surface area contributed by atoms with E-state index in [1.807, 2.05) is 37.4 Å². The number of aromatic nitrogens is 2. The summed E-state index contributed by atoms with van der Waals surface area (Å²) in [5.74, 6) is -0.639. The first kappa shape index (κ1) is 19.2. The lowest BCUT2D eigenvalue weighted by atomic mass is 10.1. The summed E-state index contributed by atoms with van der Waals surface area (Å²) in [6.07, 6.45) is 1.84. The average Bonchev–Trinajstić information content (AvgIpc) is 3.21. The smallest absolute Gasteiger partial charge is 0.341 e. The lowest BCUT2D eigenvalue weighted by Crippen LogP contribution is -2.16. The molecule has 140 valence electrons. The maximum atomic E-state index is 12.5. The van der Waals surface area contributed by atoms with Crippen LogP contribution in [0.1, 0.15) is 33.4 Å². The third-order valence-corrected chi connectivity index (χ3v) is 5.93. The molecule has 3 rings (SSSR count). The zero-order valence-electron chi connectivity index (χ0n) is 15.2. The zero-order chi connectivity index (χ0) is 19.4. The van der Waals surface area contributed by atoms with E-state index in [1.165, 1.54) is 22.7 Å². The van der Waals surface area contributed by atoms with E-state index in [1.54, 1.807) is 13.1 Å². The molecule has 0 atom stereocenters. The summed E-state index contributed by atoms with van der Waals surface area (Å²) in [7, 11) is 0. The predicted octanol–water partition coefficient (Wildman–Crippen LogP) is 4.24. The van der Waals surface area contributed by atoms with Crippen molar-refractivity contribution in [1.82, 2.24) is 9.97 Å². The minimum atomic E-state index is -0.416. The molecule has 1 amide bonds. The van der Waals surface area contributed by atoms with E-state index < -0.39 is 5.97 Å². The number of hydrogen-bond donors (Lipinski definition) is 1. The van der Waals surface area contributed by atoms with Crippen molar-refractivity contribution in [2.24, 2.45) is 0 Å². The molecule has 8 heteroatoms. The number of esters is 1. The van der Waals surface area contributed by atoms with Gasteiger partial charge in [0.15, 0.2) is 0 Å². The van der Waals surface area contributed by atoms with Gasteiger partial charge in [0.05, 0.1) is 30.0 Å². The topological polar surface area (TPSA) is 81.2 Å². The van der Waals surface area contributed by atoms with Crippen molar-refractivity contribution >= 4 is 39.6 Å². The summed E-state index contributed by atoms with van der Waals surface area (Å²) in [6, 6.07) is 5.62. The van der Waals surface area contributed by atoms with Gasteiger partial charge in [-0.15, -0.1) is 22.7 Å². The number of pyridine rings is 1.